The lowest BCUT2D eigenvalue weighted by Crippen LogP contribution is -2.39. The van der Waals surface area contributed by atoms with Crippen LogP contribution in [0.1, 0.15) is 18.4 Å². The molecule has 0 aliphatic heterocycles. The number of halogens is 2. The predicted octanol–water partition coefficient (Wildman–Crippen LogP) is 2.77. The summed E-state index contributed by atoms with van der Waals surface area (Å²) in [7, 11) is 0. The third kappa shape index (κ3) is 2.89. The van der Waals surface area contributed by atoms with Gasteiger partial charge in [0.25, 0.3) is 0 Å². The van der Waals surface area contributed by atoms with Gasteiger partial charge in [-0.25, -0.2) is 0 Å². The van der Waals surface area contributed by atoms with E-state index in [-0.39, 0.29) is 17.3 Å². The number of rotatable bonds is 4. The molecule has 0 spiro atoms. The minimum absolute atomic E-state index is 0.0301. The monoisotopic (exact) mass is 257 g/mol. The van der Waals surface area contributed by atoms with Gasteiger partial charge in [0.1, 0.15) is 5.88 Å². The van der Waals surface area contributed by atoms with Crippen LogP contribution in [0, 0.1) is 0 Å². The number of hydrogen-bond acceptors (Lipinski definition) is 1. The molecule has 1 aromatic carbocycles. The van der Waals surface area contributed by atoms with E-state index in [1.807, 2.05) is 24.3 Å². The maximum Gasteiger partial charge on any atom is 0.235 e. The minimum atomic E-state index is -0.0897. The van der Waals surface area contributed by atoms with E-state index in [4.69, 9.17) is 23.2 Å². The topological polar surface area (TPSA) is 29.1 Å². The van der Waals surface area contributed by atoms with Crippen LogP contribution < -0.4 is 5.32 Å². The van der Waals surface area contributed by atoms with Gasteiger partial charge in [-0.05, 0) is 37.0 Å². The Morgan fingerprint density at radius 1 is 1.31 bits per heavy atom. The molecule has 0 saturated heterocycles. The summed E-state index contributed by atoms with van der Waals surface area (Å²) >= 11 is 11.3. The highest BCUT2D eigenvalue weighted by Gasteiger charge is 2.43. The lowest BCUT2D eigenvalue weighted by molar-refractivity contribution is -0.119. The molecule has 2 nitrogen and oxygen atoms in total. The van der Waals surface area contributed by atoms with Gasteiger partial charge >= 0.3 is 0 Å². The zero-order valence-electron chi connectivity index (χ0n) is 8.80. The second kappa shape index (κ2) is 4.64. The van der Waals surface area contributed by atoms with Gasteiger partial charge in [-0.15, -0.1) is 11.6 Å². The smallest absolute Gasteiger partial charge is 0.235 e. The number of nitrogens with one attached hydrogen (secondary N) is 1. The molecule has 1 aliphatic carbocycles. The fourth-order valence-corrected chi connectivity index (χ4v) is 2.01. The Balaban J connectivity index is 1.99. The Morgan fingerprint density at radius 3 is 2.44 bits per heavy atom. The van der Waals surface area contributed by atoms with E-state index in [0.29, 0.717) is 0 Å². The van der Waals surface area contributed by atoms with Gasteiger partial charge in [-0.2, -0.15) is 0 Å². The summed E-state index contributed by atoms with van der Waals surface area (Å²) in [5.74, 6) is -0.0596. The number of alkyl halides is 1. The van der Waals surface area contributed by atoms with Gasteiger partial charge in [0.15, 0.2) is 0 Å². The van der Waals surface area contributed by atoms with Crippen molar-refractivity contribution in [2.75, 3.05) is 5.88 Å². The third-order valence-electron chi connectivity index (χ3n) is 2.84. The van der Waals surface area contributed by atoms with Crippen molar-refractivity contribution in [2.45, 2.75) is 24.8 Å². The predicted molar refractivity (Wildman–Crippen MR) is 66.0 cm³/mol. The highest BCUT2D eigenvalue weighted by Crippen LogP contribution is 2.38. The standard InChI is InChI=1S/C12H13Cl2NO/c13-8-11(16)15-12(5-6-12)7-9-1-3-10(14)4-2-9/h1-4H,5-8H2,(H,15,16). The molecule has 0 unspecified atom stereocenters. The van der Waals surface area contributed by atoms with Crippen molar-refractivity contribution in [3.05, 3.63) is 34.9 Å². The summed E-state index contributed by atoms with van der Waals surface area (Å²) < 4.78 is 0. The maximum atomic E-state index is 11.2. The zero-order valence-corrected chi connectivity index (χ0v) is 10.3. The van der Waals surface area contributed by atoms with Crippen LogP contribution in [0.2, 0.25) is 5.02 Å². The molecular formula is C12H13Cl2NO. The van der Waals surface area contributed by atoms with Crippen LogP contribution >= 0.6 is 23.2 Å². The molecule has 4 heteroatoms. The van der Waals surface area contributed by atoms with Gasteiger partial charge in [-0.1, -0.05) is 23.7 Å². The average Bonchev–Trinajstić information content (AvgIpc) is 3.01. The van der Waals surface area contributed by atoms with Crippen LogP contribution in [0.5, 0.6) is 0 Å². The van der Waals surface area contributed by atoms with E-state index in [1.165, 1.54) is 5.56 Å². The quantitative estimate of drug-likeness (QED) is 0.826. The largest absolute Gasteiger partial charge is 0.349 e. The molecular weight excluding hydrogens is 245 g/mol. The van der Waals surface area contributed by atoms with Crippen molar-refractivity contribution in [1.82, 2.24) is 5.32 Å². The van der Waals surface area contributed by atoms with Gasteiger partial charge in [0, 0.05) is 10.6 Å². The first kappa shape index (κ1) is 11.7. The van der Waals surface area contributed by atoms with Crippen LogP contribution in [-0.4, -0.2) is 17.3 Å². The van der Waals surface area contributed by atoms with Gasteiger partial charge in [-0.3, -0.25) is 4.79 Å². The summed E-state index contributed by atoms with van der Waals surface area (Å²) in [5, 5.41) is 3.71. The molecule has 1 aliphatic rings. The van der Waals surface area contributed by atoms with Gasteiger partial charge in [0.05, 0.1) is 0 Å². The second-order valence-electron chi connectivity index (χ2n) is 4.27. The zero-order chi connectivity index (χ0) is 11.6. The Bertz CT molecular complexity index is 385. The summed E-state index contributed by atoms with van der Waals surface area (Å²) in [6, 6.07) is 7.73. The number of carbonyl (C=O) groups excluding carboxylic acids is 1. The SMILES string of the molecule is O=C(CCl)NC1(Cc2ccc(Cl)cc2)CC1. The van der Waals surface area contributed by atoms with Gasteiger partial charge in [0.2, 0.25) is 5.91 Å². The molecule has 1 amide bonds. The molecule has 0 radical (unpaired) electrons. The molecule has 1 saturated carbocycles. The van der Waals surface area contributed by atoms with Crippen LogP contribution in [0.25, 0.3) is 0 Å². The van der Waals surface area contributed by atoms with Crippen molar-refractivity contribution in [3.8, 4) is 0 Å². The molecule has 1 N–H and O–H groups in total. The van der Waals surface area contributed by atoms with E-state index in [0.717, 1.165) is 24.3 Å². The third-order valence-corrected chi connectivity index (χ3v) is 3.33. The van der Waals surface area contributed by atoms with Crippen LogP contribution in [0.15, 0.2) is 24.3 Å². The van der Waals surface area contributed by atoms with E-state index in [2.05, 4.69) is 5.32 Å². The van der Waals surface area contributed by atoms with E-state index in [9.17, 15) is 4.79 Å². The fraction of sp³-hybridized carbons (Fsp3) is 0.417. The molecule has 1 fully saturated rings. The molecule has 16 heavy (non-hydrogen) atoms. The Morgan fingerprint density at radius 2 is 1.94 bits per heavy atom. The number of hydrogen-bond donors (Lipinski definition) is 1. The Hall–Kier alpha value is -0.730. The van der Waals surface area contributed by atoms with Crippen molar-refractivity contribution in [1.29, 1.82) is 0 Å². The van der Waals surface area contributed by atoms with Crippen molar-refractivity contribution >= 4 is 29.1 Å². The lowest BCUT2D eigenvalue weighted by Gasteiger charge is -2.16. The van der Waals surface area contributed by atoms with Crippen molar-refractivity contribution in [2.24, 2.45) is 0 Å². The van der Waals surface area contributed by atoms with E-state index < -0.39 is 0 Å². The Kier molecular flexibility index (Phi) is 3.41. The minimum Gasteiger partial charge on any atom is -0.349 e. The van der Waals surface area contributed by atoms with Crippen molar-refractivity contribution in [3.63, 3.8) is 0 Å². The Labute approximate surface area is 105 Å². The molecule has 0 atom stereocenters. The first-order chi connectivity index (χ1) is 7.63. The maximum absolute atomic E-state index is 11.2. The fourth-order valence-electron chi connectivity index (χ4n) is 1.82. The highest BCUT2D eigenvalue weighted by atomic mass is 35.5. The molecule has 0 aromatic heterocycles. The molecule has 1 aromatic rings. The average molecular weight is 258 g/mol. The van der Waals surface area contributed by atoms with E-state index in [1.54, 1.807) is 0 Å². The second-order valence-corrected chi connectivity index (χ2v) is 4.97. The molecule has 0 heterocycles. The summed E-state index contributed by atoms with van der Waals surface area (Å²) in [4.78, 5) is 11.2. The normalized spacial score (nSPS) is 16.9. The number of benzene rings is 1. The summed E-state index contributed by atoms with van der Waals surface area (Å²) in [6.45, 7) is 0. The summed E-state index contributed by atoms with van der Waals surface area (Å²) in [5.41, 5.74) is 1.14. The number of carbonyl (C=O) groups is 1. The van der Waals surface area contributed by atoms with Crippen LogP contribution in [-0.2, 0) is 11.2 Å². The first-order valence-corrected chi connectivity index (χ1v) is 6.16. The highest BCUT2D eigenvalue weighted by molar-refractivity contribution is 6.30. The van der Waals surface area contributed by atoms with Gasteiger partial charge < -0.3 is 5.32 Å². The van der Waals surface area contributed by atoms with Crippen LogP contribution in [0.3, 0.4) is 0 Å². The van der Waals surface area contributed by atoms with E-state index >= 15 is 0 Å². The number of amides is 1. The van der Waals surface area contributed by atoms with Crippen LogP contribution in [0.4, 0.5) is 0 Å². The summed E-state index contributed by atoms with van der Waals surface area (Å²) in [6.07, 6.45) is 2.91. The molecule has 0 bridgehead atoms. The molecule has 2 rings (SSSR count). The lowest BCUT2D eigenvalue weighted by atomic mass is 10.0. The first-order valence-electron chi connectivity index (χ1n) is 5.25. The van der Waals surface area contributed by atoms with Crippen molar-refractivity contribution < 1.29 is 4.79 Å². The molecule has 86 valence electrons.